The number of nitrogens with one attached hydrogen (secondary N) is 1. The van der Waals surface area contributed by atoms with Crippen LogP contribution in [0.15, 0.2) is 47.9 Å². The fraction of sp³-hybridized carbons (Fsp3) is 0.333. The van der Waals surface area contributed by atoms with Gasteiger partial charge in [0.1, 0.15) is 0 Å². The lowest BCUT2D eigenvalue weighted by atomic mass is 10.2. The second-order valence-corrected chi connectivity index (χ2v) is 5.63. The SMILES string of the molecule is CC(C)NCc1cnc(SCc2ccccc2)nc1. The van der Waals surface area contributed by atoms with E-state index in [9.17, 15) is 0 Å². The number of benzene rings is 1. The van der Waals surface area contributed by atoms with Gasteiger partial charge in [0.2, 0.25) is 0 Å². The lowest BCUT2D eigenvalue weighted by molar-refractivity contribution is 0.585. The van der Waals surface area contributed by atoms with Crippen LogP contribution in [0.1, 0.15) is 25.0 Å². The molecule has 1 heterocycles. The van der Waals surface area contributed by atoms with E-state index in [1.165, 1.54) is 5.56 Å². The molecule has 0 atom stereocenters. The number of nitrogens with zero attached hydrogens (tertiary/aromatic N) is 2. The summed E-state index contributed by atoms with van der Waals surface area (Å²) in [5.41, 5.74) is 2.42. The Bertz CT molecular complexity index is 483. The molecule has 1 aromatic heterocycles. The zero-order valence-corrected chi connectivity index (χ0v) is 12.2. The highest BCUT2D eigenvalue weighted by Gasteiger charge is 2.00. The minimum atomic E-state index is 0.479. The Morgan fingerprint density at radius 2 is 1.74 bits per heavy atom. The van der Waals surface area contributed by atoms with E-state index in [2.05, 4.69) is 53.4 Å². The Morgan fingerprint density at radius 1 is 1.05 bits per heavy atom. The van der Waals surface area contributed by atoms with Gasteiger partial charge >= 0.3 is 0 Å². The molecule has 2 aromatic rings. The standard InChI is InChI=1S/C15H19N3S/c1-12(2)16-8-14-9-17-15(18-10-14)19-11-13-6-4-3-5-7-13/h3-7,9-10,12,16H,8,11H2,1-2H3. The minimum Gasteiger partial charge on any atom is -0.310 e. The van der Waals surface area contributed by atoms with Gasteiger partial charge in [0.15, 0.2) is 5.16 Å². The highest BCUT2D eigenvalue weighted by Crippen LogP contribution is 2.18. The molecule has 0 spiro atoms. The van der Waals surface area contributed by atoms with Crippen LogP contribution >= 0.6 is 11.8 Å². The van der Waals surface area contributed by atoms with Gasteiger partial charge in [-0.2, -0.15) is 0 Å². The fourth-order valence-electron chi connectivity index (χ4n) is 1.55. The van der Waals surface area contributed by atoms with Gasteiger partial charge in [0.25, 0.3) is 0 Å². The Morgan fingerprint density at radius 3 is 2.37 bits per heavy atom. The summed E-state index contributed by atoms with van der Waals surface area (Å²) in [6.07, 6.45) is 3.80. The normalized spacial score (nSPS) is 10.9. The van der Waals surface area contributed by atoms with E-state index in [1.807, 2.05) is 18.5 Å². The summed E-state index contributed by atoms with van der Waals surface area (Å²) in [7, 11) is 0. The summed E-state index contributed by atoms with van der Waals surface area (Å²) in [5.74, 6) is 0.907. The molecule has 0 saturated carbocycles. The highest BCUT2D eigenvalue weighted by molar-refractivity contribution is 7.98. The zero-order chi connectivity index (χ0) is 13.5. The van der Waals surface area contributed by atoms with Gasteiger partial charge in [-0.05, 0) is 5.56 Å². The minimum absolute atomic E-state index is 0.479. The molecule has 0 unspecified atom stereocenters. The van der Waals surface area contributed by atoms with Crippen molar-refractivity contribution in [2.45, 2.75) is 37.3 Å². The van der Waals surface area contributed by atoms with Crippen LogP contribution in [0.25, 0.3) is 0 Å². The van der Waals surface area contributed by atoms with Gasteiger partial charge < -0.3 is 5.32 Å². The van der Waals surface area contributed by atoms with Crippen molar-refractivity contribution in [1.29, 1.82) is 0 Å². The van der Waals surface area contributed by atoms with E-state index in [-0.39, 0.29) is 0 Å². The van der Waals surface area contributed by atoms with Crippen molar-refractivity contribution in [2.75, 3.05) is 0 Å². The van der Waals surface area contributed by atoms with Gasteiger partial charge in [0.05, 0.1) is 0 Å². The summed E-state index contributed by atoms with van der Waals surface area (Å²) in [5, 5.41) is 4.18. The first-order valence-corrected chi connectivity index (χ1v) is 7.43. The van der Waals surface area contributed by atoms with Crippen molar-refractivity contribution in [3.63, 3.8) is 0 Å². The van der Waals surface area contributed by atoms with E-state index in [4.69, 9.17) is 0 Å². The molecule has 19 heavy (non-hydrogen) atoms. The molecular formula is C15H19N3S. The Kier molecular flexibility index (Phi) is 5.36. The molecule has 0 aliphatic rings. The summed E-state index contributed by atoms with van der Waals surface area (Å²) >= 11 is 1.66. The molecular weight excluding hydrogens is 254 g/mol. The third-order valence-electron chi connectivity index (χ3n) is 2.61. The Balaban J connectivity index is 1.85. The molecule has 2 rings (SSSR count). The summed E-state index contributed by atoms with van der Waals surface area (Å²) in [6.45, 7) is 5.08. The number of thioether (sulfide) groups is 1. The van der Waals surface area contributed by atoms with Crippen LogP contribution in [0.5, 0.6) is 0 Å². The van der Waals surface area contributed by atoms with Gasteiger partial charge in [-0.15, -0.1) is 0 Å². The van der Waals surface area contributed by atoms with Crippen molar-refractivity contribution in [1.82, 2.24) is 15.3 Å². The maximum Gasteiger partial charge on any atom is 0.187 e. The largest absolute Gasteiger partial charge is 0.310 e. The average Bonchev–Trinajstić information content (AvgIpc) is 2.45. The van der Waals surface area contributed by atoms with Crippen molar-refractivity contribution in [3.8, 4) is 0 Å². The van der Waals surface area contributed by atoms with Crippen LogP contribution in [-0.2, 0) is 12.3 Å². The first-order chi connectivity index (χ1) is 9.24. The highest BCUT2D eigenvalue weighted by atomic mass is 32.2. The van der Waals surface area contributed by atoms with E-state index in [0.717, 1.165) is 23.0 Å². The van der Waals surface area contributed by atoms with Crippen molar-refractivity contribution in [3.05, 3.63) is 53.9 Å². The molecule has 3 nitrogen and oxygen atoms in total. The number of rotatable bonds is 6. The van der Waals surface area contributed by atoms with Crippen LogP contribution in [0, 0.1) is 0 Å². The molecule has 0 bridgehead atoms. The van der Waals surface area contributed by atoms with Crippen LogP contribution in [-0.4, -0.2) is 16.0 Å². The van der Waals surface area contributed by atoms with Gasteiger partial charge in [0, 0.05) is 36.3 Å². The Hall–Kier alpha value is -1.39. The topological polar surface area (TPSA) is 37.8 Å². The zero-order valence-electron chi connectivity index (χ0n) is 11.3. The summed E-state index contributed by atoms with van der Waals surface area (Å²) < 4.78 is 0. The molecule has 1 N–H and O–H groups in total. The molecule has 100 valence electrons. The van der Waals surface area contributed by atoms with Crippen LogP contribution < -0.4 is 5.32 Å². The van der Waals surface area contributed by atoms with Crippen molar-refractivity contribution < 1.29 is 0 Å². The second kappa shape index (κ2) is 7.26. The number of hydrogen-bond acceptors (Lipinski definition) is 4. The van der Waals surface area contributed by atoms with E-state index >= 15 is 0 Å². The smallest absolute Gasteiger partial charge is 0.187 e. The van der Waals surface area contributed by atoms with Crippen molar-refractivity contribution in [2.24, 2.45) is 0 Å². The molecule has 1 aromatic carbocycles. The number of aromatic nitrogens is 2. The molecule has 0 aliphatic heterocycles. The molecule has 0 aliphatic carbocycles. The summed E-state index contributed by atoms with van der Waals surface area (Å²) in [4.78, 5) is 8.77. The molecule has 0 amide bonds. The van der Waals surface area contributed by atoms with Crippen LogP contribution in [0.4, 0.5) is 0 Å². The quantitative estimate of drug-likeness (QED) is 0.647. The predicted octanol–water partition coefficient (Wildman–Crippen LogP) is 3.27. The van der Waals surface area contributed by atoms with Crippen LogP contribution in [0.3, 0.4) is 0 Å². The molecule has 4 heteroatoms. The second-order valence-electron chi connectivity index (χ2n) is 4.68. The molecule has 0 fully saturated rings. The molecule has 0 radical (unpaired) electrons. The van der Waals surface area contributed by atoms with Crippen LogP contribution in [0.2, 0.25) is 0 Å². The average molecular weight is 273 g/mol. The monoisotopic (exact) mass is 273 g/mol. The van der Waals surface area contributed by atoms with Crippen molar-refractivity contribution >= 4 is 11.8 Å². The maximum absolute atomic E-state index is 4.38. The van der Waals surface area contributed by atoms with Gasteiger partial charge in [-0.3, -0.25) is 0 Å². The lowest BCUT2D eigenvalue weighted by Gasteiger charge is -2.07. The molecule has 0 saturated heterocycles. The predicted molar refractivity (Wildman–Crippen MR) is 80.0 cm³/mol. The van der Waals surface area contributed by atoms with E-state index in [1.54, 1.807) is 11.8 Å². The lowest BCUT2D eigenvalue weighted by Crippen LogP contribution is -2.21. The first-order valence-electron chi connectivity index (χ1n) is 6.45. The third kappa shape index (κ3) is 5.01. The number of hydrogen-bond donors (Lipinski definition) is 1. The Labute approximate surface area is 118 Å². The third-order valence-corrected chi connectivity index (χ3v) is 3.55. The maximum atomic E-state index is 4.38. The fourth-order valence-corrected chi connectivity index (χ4v) is 2.30. The van der Waals surface area contributed by atoms with E-state index < -0.39 is 0 Å². The van der Waals surface area contributed by atoms with Gasteiger partial charge in [-0.1, -0.05) is 55.9 Å². The van der Waals surface area contributed by atoms with Gasteiger partial charge in [-0.25, -0.2) is 9.97 Å². The van der Waals surface area contributed by atoms with E-state index in [0.29, 0.717) is 6.04 Å². The summed E-state index contributed by atoms with van der Waals surface area (Å²) in [6, 6.07) is 10.9. The first kappa shape index (κ1) is 14.0.